The lowest BCUT2D eigenvalue weighted by Crippen LogP contribution is -2.02. The van der Waals surface area contributed by atoms with E-state index < -0.39 is 5.97 Å². The number of hydrogen-bond donors (Lipinski definition) is 1. The largest absolute Gasteiger partial charge is 0.497 e. The summed E-state index contributed by atoms with van der Waals surface area (Å²) in [6.07, 6.45) is 3.06. The summed E-state index contributed by atoms with van der Waals surface area (Å²) >= 11 is 0. The van der Waals surface area contributed by atoms with Crippen LogP contribution in [0.25, 0.3) is 17.0 Å². The molecule has 106 valence electrons. The third kappa shape index (κ3) is 2.18. The molecule has 0 unspecified atom stereocenters. The molecule has 3 aromatic rings. The summed E-state index contributed by atoms with van der Waals surface area (Å²) in [7, 11) is 1.57. The Morgan fingerprint density at radius 2 is 2.10 bits per heavy atom. The number of carbonyl (C=O) groups is 1. The summed E-state index contributed by atoms with van der Waals surface area (Å²) in [4.78, 5) is 23.7. The predicted octanol–water partition coefficient (Wildman–Crippen LogP) is 1.81. The second-order valence-corrected chi connectivity index (χ2v) is 4.46. The number of imidazole rings is 1. The summed E-state index contributed by atoms with van der Waals surface area (Å²) in [6, 6.07) is 5.30. The van der Waals surface area contributed by atoms with Gasteiger partial charge in [0.2, 0.25) is 0 Å². The van der Waals surface area contributed by atoms with Crippen molar-refractivity contribution < 1.29 is 14.6 Å². The Bertz CT molecular complexity index is 841. The molecule has 0 saturated heterocycles. The fraction of sp³-hybridized carbons (Fsp3) is 0.143. The molecule has 3 aromatic heterocycles. The van der Waals surface area contributed by atoms with E-state index in [1.165, 1.54) is 6.33 Å². The van der Waals surface area contributed by atoms with Crippen LogP contribution in [0.5, 0.6) is 5.75 Å². The topological polar surface area (TPSA) is 89.6 Å². The predicted molar refractivity (Wildman–Crippen MR) is 74.5 cm³/mol. The van der Waals surface area contributed by atoms with Crippen LogP contribution in [0.1, 0.15) is 16.2 Å². The number of pyridine rings is 1. The summed E-state index contributed by atoms with van der Waals surface area (Å²) in [5, 5.41) is 9.15. The Morgan fingerprint density at radius 1 is 1.29 bits per heavy atom. The van der Waals surface area contributed by atoms with Crippen molar-refractivity contribution in [3.8, 4) is 17.1 Å². The Kier molecular flexibility index (Phi) is 3.02. The minimum absolute atomic E-state index is 0.0807. The number of ether oxygens (including phenoxy) is 1. The minimum atomic E-state index is -1.11. The van der Waals surface area contributed by atoms with E-state index in [2.05, 4.69) is 15.0 Å². The fourth-order valence-electron chi connectivity index (χ4n) is 2.08. The number of aromatic carboxylic acids is 1. The highest BCUT2D eigenvalue weighted by molar-refractivity contribution is 5.92. The van der Waals surface area contributed by atoms with Gasteiger partial charge in [0.1, 0.15) is 12.1 Å². The number of carboxylic acid groups (broad SMARTS) is 1. The first-order valence-corrected chi connectivity index (χ1v) is 6.18. The maximum atomic E-state index is 11.2. The molecule has 0 saturated carbocycles. The summed E-state index contributed by atoms with van der Waals surface area (Å²) in [6.45, 7) is 1.85. The molecule has 0 aliphatic carbocycles. The average Bonchev–Trinajstić information content (AvgIpc) is 2.92. The Labute approximate surface area is 119 Å². The van der Waals surface area contributed by atoms with E-state index in [0.717, 1.165) is 5.69 Å². The van der Waals surface area contributed by atoms with Gasteiger partial charge in [-0.1, -0.05) is 0 Å². The molecule has 1 N–H and O–H groups in total. The molecule has 7 nitrogen and oxygen atoms in total. The molecule has 0 aromatic carbocycles. The zero-order valence-electron chi connectivity index (χ0n) is 11.4. The van der Waals surface area contributed by atoms with Gasteiger partial charge in [0.25, 0.3) is 0 Å². The molecule has 0 atom stereocenters. The molecule has 3 rings (SSSR count). The van der Waals surface area contributed by atoms with Gasteiger partial charge in [0, 0.05) is 18.0 Å². The van der Waals surface area contributed by atoms with Crippen LogP contribution in [0.2, 0.25) is 0 Å². The van der Waals surface area contributed by atoms with Gasteiger partial charge in [0.15, 0.2) is 11.3 Å². The molecule has 0 fully saturated rings. The number of fused-ring (bicyclic) bond motifs is 1. The van der Waals surface area contributed by atoms with Crippen LogP contribution in [-0.4, -0.2) is 37.5 Å². The molecular formula is C14H12N4O3. The lowest BCUT2D eigenvalue weighted by Gasteiger charge is -2.06. The summed E-state index contributed by atoms with van der Waals surface area (Å²) in [5.74, 6) is -0.452. The third-order valence-electron chi connectivity index (χ3n) is 3.13. The van der Waals surface area contributed by atoms with Gasteiger partial charge < -0.3 is 9.84 Å². The van der Waals surface area contributed by atoms with Crippen LogP contribution in [0.15, 0.2) is 30.7 Å². The van der Waals surface area contributed by atoms with E-state index in [-0.39, 0.29) is 5.69 Å². The molecule has 7 heteroatoms. The monoisotopic (exact) mass is 284 g/mol. The Balaban J connectivity index is 2.23. The summed E-state index contributed by atoms with van der Waals surface area (Å²) < 4.78 is 6.79. The maximum absolute atomic E-state index is 11.2. The van der Waals surface area contributed by atoms with Gasteiger partial charge in [-0.3, -0.25) is 9.38 Å². The van der Waals surface area contributed by atoms with Gasteiger partial charge in [-0.05, 0) is 19.1 Å². The van der Waals surface area contributed by atoms with E-state index in [1.54, 1.807) is 29.8 Å². The van der Waals surface area contributed by atoms with Gasteiger partial charge in [-0.2, -0.15) is 0 Å². The maximum Gasteiger partial charge on any atom is 0.358 e. The van der Waals surface area contributed by atoms with Crippen molar-refractivity contribution in [3.05, 3.63) is 42.1 Å². The number of methoxy groups -OCH3 is 1. The molecule has 0 amide bonds. The number of aromatic nitrogens is 4. The van der Waals surface area contributed by atoms with Crippen molar-refractivity contribution in [2.75, 3.05) is 7.11 Å². The molecule has 0 spiro atoms. The Morgan fingerprint density at radius 3 is 2.81 bits per heavy atom. The first-order chi connectivity index (χ1) is 10.1. The third-order valence-corrected chi connectivity index (χ3v) is 3.13. The van der Waals surface area contributed by atoms with E-state index in [4.69, 9.17) is 9.84 Å². The van der Waals surface area contributed by atoms with Crippen LogP contribution in [0, 0.1) is 6.92 Å². The van der Waals surface area contributed by atoms with E-state index in [9.17, 15) is 4.79 Å². The fourth-order valence-corrected chi connectivity index (χ4v) is 2.08. The number of carboxylic acids is 1. The highest BCUT2D eigenvalue weighted by atomic mass is 16.5. The molecule has 21 heavy (non-hydrogen) atoms. The zero-order valence-corrected chi connectivity index (χ0v) is 11.4. The van der Waals surface area contributed by atoms with Gasteiger partial charge in [-0.25, -0.2) is 14.8 Å². The first-order valence-electron chi connectivity index (χ1n) is 6.18. The molecule has 3 heterocycles. The van der Waals surface area contributed by atoms with Crippen LogP contribution in [0.4, 0.5) is 0 Å². The van der Waals surface area contributed by atoms with Gasteiger partial charge in [0.05, 0.1) is 18.5 Å². The summed E-state index contributed by atoms with van der Waals surface area (Å²) in [5.41, 5.74) is 2.21. The minimum Gasteiger partial charge on any atom is -0.497 e. The van der Waals surface area contributed by atoms with Gasteiger partial charge >= 0.3 is 5.97 Å². The molecule has 0 radical (unpaired) electrons. The van der Waals surface area contributed by atoms with E-state index in [1.807, 2.05) is 13.0 Å². The Hall–Kier alpha value is -2.96. The van der Waals surface area contributed by atoms with E-state index >= 15 is 0 Å². The second-order valence-electron chi connectivity index (χ2n) is 4.46. The van der Waals surface area contributed by atoms with Crippen molar-refractivity contribution in [2.24, 2.45) is 0 Å². The van der Waals surface area contributed by atoms with Crippen LogP contribution in [0.3, 0.4) is 0 Å². The number of hydrogen-bond acceptors (Lipinski definition) is 5. The smallest absolute Gasteiger partial charge is 0.358 e. The number of rotatable bonds is 3. The molecule has 0 aliphatic rings. The molecule has 0 aliphatic heterocycles. The van der Waals surface area contributed by atoms with Crippen LogP contribution < -0.4 is 4.74 Å². The van der Waals surface area contributed by atoms with E-state index in [0.29, 0.717) is 22.8 Å². The van der Waals surface area contributed by atoms with Gasteiger partial charge in [-0.15, -0.1) is 0 Å². The van der Waals surface area contributed by atoms with Crippen LogP contribution in [-0.2, 0) is 0 Å². The SMILES string of the molecule is COc1ccnc(-c2cc(C)n3cnc(C(=O)O)c3n2)c1. The quantitative estimate of drug-likeness (QED) is 0.788. The van der Waals surface area contributed by atoms with Crippen molar-refractivity contribution in [1.82, 2.24) is 19.4 Å². The number of nitrogens with zero attached hydrogens (tertiary/aromatic N) is 4. The highest BCUT2D eigenvalue weighted by Gasteiger charge is 2.16. The van der Waals surface area contributed by atoms with Crippen molar-refractivity contribution in [1.29, 1.82) is 0 Å². The standard InChI is InChI=1S/C14H12N4O3/c1-8-5-11(10-6-9(21-2)3-4-15-10)17-13-12(14(19)20)16-7-18(8)13/h3-7H,1-2H3,(H,19,20). The first kappa shape index (κ1) is 13.0. The van der Waals surface area contributed by atoms with Crippen LogP contribution >= 0.6 is 0 Å². The number of aryl methyl sites for hydroxylation is 1. The molecular weight excluding hydrogens is 272 g/mol. The highest BCUT2D eigenvalue weighted by Crippen LogP contribution is 2.22. The van der Waals surface area contributed by atoms with Crippen molar-refractivity contribution >= 4 is 11.6 Å². The lowest BCUT2D eigenvalue weighted by atomic mass is 10.2. The second kappa shape index (κ2) is 4.86. The molecule has 0 bridgehead atoms. The lowest BCUT2D eigenvalue weighted by molar-refractivity contribution is 0.0693. The average molecular weight is 284 g/mol. The normalized spacial score (nSPS) is 10.8. The van der Waals surface area contributed by atoms with Crippen molar-refractivity contribution in [2.45, 2.75) is 6.92 Å². The zero-order chi connectivity index (χ0) is 15.0. The van der Waals surface area contributed by atoms with Crippen molar-refractivity contribution in [3.63, 3.8) is 0 Å².